The second-order valence-corrected chi connectivity index (χ2v) is 7.73. The van der Waals surface area contributed by atoms with Gasteiger partial charge in [-0.05, 0) is 54.4 Å². The van der Waals surface area contributed by atoms with Crippen molar-refractivity contribution in [3.05, 3.63) is 116 Å². The summed E-state index contributed by atoms with van der Waals surface area (Å²) in [6.07, 6.45) is -3.18. The van der Waals surface area contributed by atoms with Gasteiger partial charge in [0, 0.05) is 0 Å². The van der Waals surface area contributed by atoms with Crippen molar-refractivity contribution in [1.29, 1.82) is 0 Å². The number of nitrogens with zero attached hydrogens (tertiary/aromatic N) is 3. The highest BCUT2D eigenvalue weighted by Gasteiger charge is 2.30. The quantitative estimate of drug-likeness (QED) is 0.453. The Morgan fingerprint density at radius 2 is 1.83 bits per heavy atom. The molecule has 0 aliphatic carbocycles. The van der Waals surface area contributed by atoms with Crippen LogP contribution in [0.2, 0.25) is 0 Å². The van der Waals surface area contributed by atoms with Gasteiger partial charge in [0.15, 0.2) is 0 Å². The lowest BCUT2D eigenvalue weighted by Crippen LogP contribution is -2.46. The second kappa shape index (κ2) is 9.45. The molecule has 0 aliphatic heterocycles. The number of alkyl halides is 3. The third-order valence-corrected chi connectivity index (χ3v) is 5.12. The van der Waals surface area contributed by atoms with Crippen LogP contribution in [-0.4, -0.2) is 20.3 Å². The fraction of sp³-hybridized carbons (Fsp3) is 0.167. The van der Waals surface area contributed by atoms with Crippen molar-refractivity contribution < 1.29 is 22.4 Å². The van der Waals surface area contributed by atoms with E-state index in [1.54, 1.807) is 43.3 Å². The third-order valence-electron chi connectivity index (χ3n) is 5.12. The van der Waals surface area contributed by atoms with Gasteiger partial charge in [0.1, 0.15) is 5.76 Å². The van der Waals surface area contributed by atoms with E-state index in [9.17, 15) is 27.6 Å². The topological polar surface area (TPSA) is 99.1 Å². The van der Waals surface area contributed by atoms with Gasteiger partial charge in [0.2, 0.25) is 5.69 Å². The molecule has 2 aromatic carbocycles. The highest BCUT2D eigenvalue weighted by Crippen LogP contribution is 2.29. The second-order valence-electron chi connectivity index (χ2n) is 7.73. The summed E-state index contributed by atoms with van der Waals surface area (Å²) in [6.45, 7) is 1.25. The first-order valence-electron chi connectivity index (χ1n) is 10.4. The molecular weight excluding hydrogens is 465 g/mol. The number of carbonyl (C=O) groups excluding carboxylic acids is 1. The normalized spacial score (nSPS) is 11.4. The van der Waals surface area contributed by atoms with E-state index in [1.807, 2.05) is 0 Å². The van der Waals surface area contributed by atoms with Crippen molar-refractivity contribution in [2.75, 3.05) is 0 Å². The first kappa shape index (κ1) is 23.7. The molecule has 4 rings (SSSR count). The predicted molar refractivity (Wildman–Crippen MR) is 119 cm³/mol. The molecule has 0 radical (unpaired) electrons. The number of furan rings is 1. The fourth-order valence-corrected chi connectivity index (χ4v) is 3.42. The van der Waals surface area contributed by atoms with Crippen LogP contribution in [0, 0.1) is 6.92 Å². The van der Waals surface area contributed by atoms with Gasteiger partial charge in [-0.2, -0.15) is 23.0 Å². The van der Waals surface area contributed by atoms with E-state index in [-0.39, 0.29) is 17.8 Å². The van der Waals surface area contributed by atoms with Crippen molar-refractivity contribution in [1.82, 2.24) is 19.7 Å². The van der Waals surface area contributed by atoms with E-state index >= 15 is 0 Å². The molecule has 35 heavy (non-hydrogen) atoms. The Labute approximate surface area is 196 Å². The van der Waals surface area contributed by atoms with Gasteiger partial charge in [-0.25, -0.2) is 4.79 Å². The number of aromatic nitrogens is 3. The maximum absolute atomic E-state index is 13.2. The Balaban J connectivity index is 1.81. The number of hydrogen-bond acceptors (Lipinski definition) is 5. The summed E-state index contributed by atoms with van der Waals surface area (Å²) < 4.78 is 46.2. The average Bonchev–Trinajstić information content (AvgIpc) is 3.34. The first-order chi connectivity index (χ1) is 16.6. The summed E-state index contributed by atoms with van der Waals surface area (Å²) in [7, 11) is 0. The lowest BCUT2D eigenvalue weighted by Gasteiger charge is -2.13. The fourth-order valence-electron chi connectivity index (χ4n) is 3.42. The lowest BCUT2D eigenvalue weighted by molar-refractivity contribution is -0.137. The van der Waals surface area contributed by atoms with Crippen LogP contribution in [0.4, 0.5) is 13.2 Å². The molecule has 0 fully saturated rings. The van der Waals surface area contributed by atoms with Crippen LogP contribution in [0.5, 0.6) is 0 Å². The van der Waals surface area contributed by atoms with E-state index < -0.39 is 41.1 Å². The van der Waals surface area contributed by atoms with Crippen LogP contribution in [0.1, 0.15) is 32.9 Å². The molecule has 0 aliphatic rings. The molecule has 11 heteroatoms. The van der Waals surface area contributed by atoms with Gasteiger partial charge in [0.05, 0.1) is 30.6 Å². The SMILES string of the molecule is Cc1cccc(-n2nc(C(=O)NCc3ccco3)c(=O)n(Cc3cccc(C(F)(F)F)c3)c2=O)c1. The summed E-state index contributed by atoms with van der Waals surface area (Å²) >= 11 is 0. The summed E-state index contributed by atoms with van der Waals surface area (Å²) in [5.74, 6) is -0.444. The highest BCUT2D eigenvalue weighted by molar-refractivity contribution is 5.91. The van der Waals surface area contributed by atoms with E-state index in [4.69, 9.17) is 4.42 Å². The third kappa shape index (κ3) is 5.24. The molecule has 0 saturated carbocycles. The van der Waals surface area contributed by atoms with Gasteiger partial charge in [-0.15, -0.1) is 0 Å². The summed E-state index contributed by atoms with van der Waals surface area (Å²) in [5, 5.41) is 6.49. The smallest absolute Gasteiger partial charge is 0.416 e. The molecule has 0 spiro atoms. The zero-order valence-corrected chi connectivity index (χ0v) is 18.4. The number of rotatable bonds is 6. The van der Waals surface area contributed by atoms with E-state index in [0.717, 1.165) is 22.4 Å². The molecule has 8 nitrogen and oxygen atoms in total. The minimum atomic E-state index is -4.60. The van der Waals surface area contributed by atoms with Crippen LogP contribution in [-0.2, 0) is 19.3 Å². The van der Waals surface area contributed by atoms with Crippen molar-refractivity contribution in [2.24, 2.45) is 0 Å². The highest BCUT2D eigenvalue weighted by atomic mass is 19.4. The Morgan fingerprint density at radius 3 is 2.51 bits per heavy atom. The number of amides is 1. The van der Waals surface area contributed by atoms with Crippen molar-refractivity contribution >= 4 is 5.91 Å². The van der Waals surface area contributed by atoms with Crippen LogP contribution in [0.3, 0.4) is 0 Å². The van der Waals surface area contributed by atoms with Crippen LogP contribution >= 0.6 is 0 Å². The molecule has 1 amide bonds. The largest absolute Gasteiger partial charge is 0.467 e. The van der Waals surface area contributed by atoms with Gasteiger partial charge in [-0.1, -0.05) is 24.3 Å². The number of hydrogen-bond donors (Lipinski definition) is 1. The zero-order chi connectivity index (χ0) is 25.2. The van der Waals surface area contributed by atoms with Gasteiger partial charge in [0.25, 0.3) is 11.5 Å². The lowest BCUT2D eigenvalue weighted by atomic mass is 10.1. The molecule has 0 unspecified atom stereocenters. The Hall–Kier alpha value is -4.41. The van der Waals surface area contributed by atoms with Crippen molar-refractivity contribution in [3.63, 3.8) is 0 Å². The molecule has 0 saturated heterocycles. The van der Waals surface area contributed by atoms with Crippen LogP contribution in [0.15, 0.2) is 80.9 Å². The predicted octanol–water partition coefficient (Wildman–Crippen LogP) is 3.29. The number of nitrogens with one attached hydrogen (secondary N) is 1. The standard InChI is InChI=1S/C24H19F3N4O4/c1-15-5-2-8-18(11-15)31-23(34)30(14-16-6-3-7-17(12-16)24(25,26)27)22(33)20(29-31)21(32)28-13-19-9-4-10-35-19/h2-12H,13-14H2,1H3,(H,28,32). The Kier molecular flexibility index (Phi) is 6.41. The maximum atomic E-state index is 13.2. The molecule has 180 valence electrons. The molecule has 0 atom stereocenters. The molecule has 0 bridgehead atoms. The molecule has 2 heterocycles. The van der Waals surface area contributed by atoms with Gasteiger partial charge in [-0.3, -0.25) is 14.2 Å². The van der Waals surface area contributed by atoms with Crippen LogP contribution < -0.4 is 16.6 Å². The van der Waals surface area contributed by atoms with E-state index in [2.05, 4.69) is 10.4 Å². The zero-order valence-electron chi connectivity index (χ0n) is 18.4. The number of carbonyl (C=O) groups is 1. The minimum Gasteiger partial charge on any atom is -0.467 e. The van der Waals surface area contributed by atoms with Crippen molar-refractivity contribution in [2.45, 2.75) is 26.2 Å². The average molecular weight is 484 g/mol. The number of halogens is 3. The molecule has 4 aromatic rings. The summed E-state index contributed by atoms with van der Waals surface area (Å²) in [5.41, 5.74) is -2.32. The van der Waals surface area contributed by atoms with E-state index in [0.29, 0.717) is 10.3 Å². The molecule has 1 N–H and O–H groups in total. The van der Waals surface area contributed by atoms with Gasteiger partial charge < -0.3 is 9.73 Å². The monoisotopic (exact) mass is 484 g/mol. The van der Waals surface area contributed by atoms with E-state index in [1.165, 1.54) is 18.4 Å². The van der Waals surface area contributed by atoms with Gasteiger partial charge >= 0.3 is 11.9 Å². The molecule has 2 aromatic heterocycles. The maximum Gasteiger partial charge on any atom is 0.416 e. The van der Waals surface area contributed by atoms with Crippen molar-refractivity contribution in [3.8, 4) is 5.69 Å². The minimum absolute atomic E-state index is 0.0375. The van der Waals surface area contributed by atoms with Crippen LogP contribution in [0.25, 0.3) is 5.69 Å². The molecular formula is C24H19F3N4O4. The number of aryl methyl sites for hydroxylation is 1. The Bertz CT molecular complexity index is 1490. The first-order valence-corrected chi connectivity index (χ1v) is 10.4. The summed E-state index contributed by atoms with van der Waals surface area (Å²) in [4.78, 5) is 39.1. The Morgan fingerprint density at radius 1 is 1.06 bits per heavy atom. The summed E-state index contributed by atoms with van der Waals surface area (Å²) in [6, 6.07) is 14.1. The number of benzene rings is 2.